The van der Waals surface area contributed by atoms with Crippen molar-refractivity contribution in [3.8, 4) is 26.6 Å². The van der Waals surface area contributed by atoms with E-state index in [2.05, 4.69) is 119 Å². The average Bonchev–Trinajstić information content (AvgIpc) is 4.08. The number of hydrogen-bond acceptors (Lipinski definition) is 8. The molecule has 7 nitrogen and oxygen atoms in total. The molecule has 0 atom stereocenters. The maximum absolute atomic E-state index is 16.7. The summed E-state index contributed by atoms with van der Waals surface area (Å²) in [6.45, 7) is -0.449. The normalized spacial score (nSPS) is 12.5. The minimum Gasteiger partial charge on any atom is -0.478 e. The summed E-state index contributed by atoms with van der Waals surface area (Å²) in [6, 6.07) is 74.8. The van der Waals surface area contributed by atoms with E-state index in [4.69, 9.17) is 4.74 Å². The van der Waals surface area contributed by atoms with Crippen molar-refractivity contribution in [2.75, 3.05) is 16.9 Å². The summed E-state index contributed by atoms with van der Waals surface area (Å²) in [4.78, 5) is 20.3. The molecule has 0 aliphatic carbocycles. The van der Waals surface area contributed by atoms with E-state index in [1.54, 1.807) is 0 Å². The molecule has 0 spiro atoms. The highest BCUT2D eigenvalue weighted by Gasteiger charge is 2.52. The summed E-state index contributed by atoms with van der Waals surface area (Å²) < 4.78 is 22.8. The van der Waals surface area contributed by atoms with E-state index in [0.29, 0.717) is 32.8 Å². The van der Waals surface area contributed by atoms with Crippen LogP contribution in [-0.2, 0) is 11.2 Å². The third-order valence-electron chi connectivity index (χ3n) is 12.6. The number of carbonyl (C=O) groups is 1. The average molecular weight is 968 g/mol. The van der Waals surface area contributed by atoms with Gasteiger partial charge in [-0.25, -0.2) is 4.79 Å². The second kappa shape index (κ2) is 18.9. The van der Waals surface area contributed by atoms with E-state index < -0.39 is 19.7 Å². The molecular formula is C60H44N2O5PS2+. The number of carboxylic acid groups (broad SMARTS) is 1. The van der Waals surface area contributed by atoms with Crippen molar-refractivity contribution in [1.82, 2.24) is 0 Å². The van der Waals surface area contributed by atoms with Crippen molar-refractivity contribution < 1.29 is 24.3 Å². The number of carboxylic acids is 1. The van der Waals surface area contributed by atoms with Crippen LogP contribution in [0, 0.1) is 5.92 Å². The van der Waals surface area contributed by atoms with Gasteiger partial charge in [-0.2, -0.15) is 0 Å². The Kier molecular flexibility index (Phi) is 12.0. The number of nitrogens with zero attached hydrogens (tertiary/aromatic N) is 2. The molecule has 0 saturated carbocycles. The molecule has 70 heavy (non-hydrogen) atoms. The number of ether oxygens (including phenoxy) is 1. The quantitative estimate of drug-likeness (QED) is 0.0879. The van der Waals surface area contributed by atoms with Crippen molar-refractivity contribution in [2.45, 2.75) is 6.61 Å². The molecule has 8 aromatic carbocycles. The summed E-state index contributed by atoms with van der Waals surface area (Å²) in [6.07, 6.45) is 0. The van der Waals surface area contributed by atoms with Crippen LogP contribution in [0.1, 0.15) is 31.2 Å². The van der Waals surface area contributed by atoms with Crippen molar-refractivity contribution in [3.63, 3.8) is 0 Å². The number of rotatable bonds is 13. The Morgan fingerprint density at radius 3 is 1.26 bits per heavy atom. The van der Waals surface area contributed by atoms with Gasteiger partial charge >= 0.3 is 5.97 Å². The van der Waals surface area contributed by atoms with E-state index >= 15 is 4.57 Å². The number of aromatic carboxylic acids is 1. The zero-order chi connectivity index (χ0) is 47.8. The molecule has 0 radical (unpaired) electrons. The van der Waals surface area contributed by atoms with Gasteiger partial charge in [0.1, 0.15) is 21.2 Å². The lowest BCUT2D eigenvalue weighted by Crippen LogP contribution is -2.34. The monoisotopic (exact) mass is 967 g/mol. The van der Waals surface area contributed by atoms with Crippen LogP contribution >= 0.6 is 29.8 Å². The molecule has 0 bridgehead atoms. The standard InChI is InChI=1S/C60H43N2O5PS2/c1-67-51-36-42(60(64)65)35-43(39-63)56(51)57-58-52(37-54(69-58)40-27-31-48(32-28-40)61(44-17-7-2-8-18-44)45-19-9-3-10-20-45)68(66,50-25-15-6-16-26-50)53-38-55(70-59(53)57)41-29-33-49(34-30-41)62(46-21-11-4-12-22-46)47-23-13-5-14-24-47/h2-38,63H,39H2,1H3/p+1. The van der Waals surface area contributed by atoms with Crippen molar-refractivity contribution >= 4 is 85.8 Å². The molecule has 11 rings (SSSR count). The number of fused-ring (bicyclic) bond motifs is 2. The number of para-hydroxylation sites is 4. The summed E-state index contributed by atoms with van der Waals surface area (Å²) in [7, 11) is -2.09. The molecule has 0 fully saturated rings. The molecule has 1 aliphatic rings. The van der Waals surface area contributed by atoms with Gasteiger partial charge in [-0.3, -0.25) is 4.57 Å². The number of anilines is 6. The molecule has 10 heteroatoms. The van der Waals surface area contributed by atoms with Crippen LogP contribution in [0.4, 0.5) is 34.1 Å². The lowest BCUT2D eigenvalue weighted by Gasteiger charge is -2.26. The minimum absolute atomic E-state index is 0.00419. The molecule has 0 saturated heterocycles. The first kappa shape index (κ1) is 44.6. The zero-order valence-electron chi connectivity index (χ0n) is 37.8. The summed E-state index contributed by atoms with van der Waals surface area (Å²) in [5, 5.41) is 23.3. The molecule has 0 amide bonds. The third-order valence-corrected chi connectivity index (χ3v) is 18.4. The Morgan fingerprint density at radius 1 is 0.529 bits per heavy atom. The molecule has 340 valence electrons. The predicted octanol–water partition coefficient (Wildman–Crippen LogP) is 14.3. The van der Waals surface area contributed by atoms with Gasteiger partial charge in [-0.1, -0.05) is 115 Å². The van der Waals surface area contributed by atoms with E-state index in [1.807, 2.05) is 103 Å². The second-order valence-electron chi connectivity index (χ2n) is 16.8. The van der Waals surface area contributed by atoms with Crippen LogP contribution in [0.25, 0.3) is 20.9 Å². The van der Waals surface area contributed by atoms with Crippen molar-refractivity contribution in [1.29, 1.82) is 0 Å². The van der Waals surface area contributed by atoms with Gasteiger partial charge in [0.05, 0.1) is 35.5 Å². The first-order valence-electron chi connectivity index (χ1n) is 22.7. The number of thiophene rings is 2. The Bertz CT molecular complexity index is 3230. The van der Waals surface area contributed by atoms with Crippen molar-refractivity contribution in [3.05, 3.63) is 257 Å². The Balaban J connectivity index is 1.08. The van der Waals surface area contributed by atoms with Crippen LogP contribution in [0.3, 0.4) is 0 Å². The summed E-state index contributed by atoms with van der Waals surface area (Å²) in [5.41, 5.74) is 8.92. The van der Waals surface area contributed by atoms with Crippen LogP contribution < -0.4 is 30.5 Å². The number of aliphatic hydroxyl groups is 1. The highest BCUT2D eigenvalue weighted by Crippen LogP contribution is 2.59. The highest BCUT2D eigenvalue weighted by molar-refractivity contribution is 7.86. The van der Waals surface area contributed by atoms with E-state index in [9.17, 15) is 15.0 Å². The van der Waals surface area contributed by atoms with E-state index in [1.165, 1.54) is 41.9 Å². The summed E-state index contributed by atoms with van der Waals surface area (Å²) in [5.74, 6) is -0.0950. The van der Waals surface area contributed by atoms with E-state index in [0.717, 1.165) is 70.7 Å². The maximum atomic E-state index is 16.7. The van der Waals surface area contributed by atoms with Gasteiger partial charge in [0.2, 0.25) is 7.14 Å². The van der Waals surface area contributed by atoms with Crippen molar-refractivity contribution in [2.24, 2.45) is 0 Å². The first-order chi connectivity index (χ1) is 34.3. The smallest absolute Gasteiger partial charge is 0.337 e. The van der Waals surface area contributed by atoms with Crippen LogP contribution in [0.2, 0.25) is 0 Å². The molecule has 10 aromatic rings. The van der Waals surface area contributed by atoms with Gasteiger partial charge in [0, 0.05) is 67.4 Å². The Hall–Kier alpha value is -7.91. The van der Waals surface area contributed by atoms with Gasteiger partial charge in [0.15, 0.2) is 5.75 Å². The van der Waals surface area contributed by atoms with Gasteiger partial charge in [-0.05, 0) is 102 Å². The van der Waals surface area contributed by atoms with Gasteiger partial charge in [0.25, 0.3) is 0 Å². The fourth-order valence-corrected chi connectivity index (χ4v) is 15.7. The minimum atomic E-state index is -3.60. The predicted molar refractivity (Wildman–Crippen MR) is 288 cm³/mol. The lowest BCUT2D eigenvalue weighted by molar-refractivity contribution is 0.0696. The zero-order valence-corrected chi connectivity index (χ0v) is 40.4. The second-order valence-corrected chi connectivity index (χ2v) is 21.6. The topological polar surface area (TPSA) is 90.3 Å². The SMILES string of the molecule is COc1cc(C(=O)O)cc(CO)c1[C+]1c2sc(-c3ccc(N(c4ccccc4)c4ccccc4)cc3)cc2P(=O)(c2ccccc2)c2cc(-c3ccc(N(c4ccccc4)c4ccccc4)cc3)sc21. The Morgan fingerprint density at radius 2 is 0.900 bits per heavy atom. The third kappa shape index (κ3) is 7.99. The maximum Gasteiger partial charge on any atom is 0.337 e. The van der Waals surface area contributed by atoms with Crippen LogP contribution in [0.15, 0.2) is 224 Å². The highest BCUT2D eigenvalue weighted by atomic mass is 32.1. The molecule has 2 aromatic heterocycles. The molecule has 1 aliphatic heterocycles. The van der Waals surface area contributed by atoms with Crippen LogP contribution in [-0.4, -0.2) is 23.3 Å². The van der Waals surface area contributed by atoms with Crippen LogP contribution in [0.5, 0.6) is 5.75 Å². The van der Waals surface area contributed by atoms with Gasteiger partial charge < -0.3 is 24.7 Å². The lowest BCUT2D eigenvalue weighted by atomic mass is 9.89. The molecule has 3 heterocycles. The number of hydrogen-bond donors (Lipinski definition) is 2. The number of aliphatic hydroxyl groups excluding tert-OH is 1. The number of methoxy groups -OCH3 is 1. The molecular weight excluding hydrogens is 924 g/mol. The molecule has 2 N–H and O–H groups in total. The molecule has 0 unspecified atom stereocenters. The van der Waals surface area contributed by atoms with E-state index in [-0.39, 0.29) is 5.56 Å². The largest absolute Gasteiger partial charge is 0.478 e. The Labute approximate surface area is 414 Å². The first-order valence-corrected chi connectivity index (χ1v) is 26.1. The van der Waals surface area contributed by atoms with Gasteiger partial charge in [-0.15, -0.1) is 22.7 Å². The summed E-state index contributed by atoms with van der Waals surface area (Å²) >= 11 is 3.08. The fourth-order valence-electron chi connectivity index (χ4n) is 9.37. The fraction of sp³-hybridized carbons (Fsp3) is 0.0333. The number of benzene rings is 8.